The molecule has 80 valence electrons. The lowest BCUT2D eigenvalue weighted by Crippen LogP contribution is -2.13. The molecule has 1 rings (SSSR count). The van der Waals surface area contributed by atoms with Crippen LogP contribution in [0.3, 0.4) is 0 Å². The Labute approximate surface area is 85.3 Å². The Balaban J connectivity index is 3.17. The second-order valence-corrected chi connectivity index (χ2v) is 2.89. The first-order valence-corrected chi connectivity index (χ1v) is 4.06. The number of carboxylic acid groups (broad SMARTS) is 1. The van der Waals surface area contributed by atoms with Crippen LogP contribution in [-0.4, -0.2) is 22.5 Å². The Morgan fingerprint density at radius 3 is 2.60 bits per heavy atom. The highest BCUT2D eigenvalue weighted by Gasteiger charge is 2.16. The number of benzene rings is 1. The highest BCUT2D eigenvalue weighted by atomic mass is 16.4. The Hall–Kier alpha value is -1.92. The third-order valence-electron chi connectivity index (χ3n) is 1.83. The van der Waals surface area contributed by atoms with Crippen molar-refractivity contribution in [2.24, 2.45) is 5.84 Å². The summed E-state index contributed by atoms with van der Waals surface area (Å²) >= 11 is 0. The normalized spacial score (nSPS) is 11.9. The average molecular weight is 210 g/mol. The van der Waals surface area contributed by atoms with Gasteiger partial charge in [-0.15, -0.1) is 0 Å². The van der Waals surface area contributed by atoms with E-state index in [9.17, 15) is 14.7 Å². The van der Waals surface area contributed by atoms with E-state index in [0.29, 0.717) is 12.0 Å². The minimum absolute atomic E-state index is 0.0973. The van der Waals surface area contributed by atoms with Crippen molar-refractivity contribution >= 4 is 17.9 Å². The molecule has 0 amide bonds. The standard InChI is InChI=1S/C9H10N2O4/c10-11-7-2-5(4-12)1-6(3-7)8(13)9(14)15/h1-4,8,11,13H,10H2,(H,14,15). The summed E-state index contributed by atoms with van der Waals surface area (Å²) in [5, 5.41) is 17.8. The number of aliphatic hydroxyl groups is 1. The molecule has 5 N–H and O–H groups in total. The maximum atomic E-state index is 10.5. The highest BCUT2D eigenvalue weighted by molar-refractivity contribution is 5.80. The molecule has 1 aromatic carbocycles. The second-order valence-electron chi connectivity index (χ2n) is 2.89. The van der Waals surface area contributed by atoms with Gasteiger partial charge in [0.1, 0.15) is 6.29 Å². The molecule has 0 bridgehead atoms. The molecule has 0 saturated carbocycles. The Kier molecular flexibility index (Phi) is 3.37. The summed E-state index contributed by atoms with van der Waals surface area (Å²) in [5.41, 5.74) is 2.96. The molecule has 1 unspecified atom stereocenters. The van der Waals surface area contributed by atoms with Gasteiger partial charge in [-0.1, -0.05) is 0 Å². The van der Waals surface area contributed by atoms with Gasteiger partial charge in [-0.2, -0.15) is 0 Å². The number of aliphatic carboxylic acids is 1. The molecule has 0 aromatic heterocycles. The van der Waals surface area contributed by atoms with Crippen LogP contribution in [0.4, 0.5) is 5.69 Å². The van der Waals surface area contributed by atoms with Crippen LogP contribution in [0, 0.1) is 0 Å². The van der Waals surface area contributed by atoms with Crippen LogP contribution in [-0.2, 0) is 4.79 Å². The fourth-order valence-corrected chi connectivity index (χ4v) is 1.13. The van der Waals surface area contributed by atoms with Crippen LogP contribution in [0.1, 0.15) is 22.0 Å². The zero-order valence-corrected chi connectivity index (χ0v) is 7.68. The molecule has 0 aliphatic rings. The number of carbonyl (C=O) groups is 2. The number of hydrogen-bond donors (Lipinski definition) is 4. The Bertz CT molecular complexity index is 392. The number of carboxylic acids is 1. The van der Waals surface area contributed by atoms with Gasteiger partial charge in [0.15, 0.2) is 6.10 Å². The van der Waals surface area contributed by atoms with E-state index in [1.807, 2.05) is 0 Å². The first-order chi connectivity index (χ1) is 7.08. The first kappa shape index (κ1) is 11.2. The lowest BCUT2D eigenvalue weighted by atomic mass is 10.1. The van der Waals surface area contributed by atoms with Crippen molar-refractivity contribution in [3.05, 3.63) is 29.3 Å². The zero-order chi connectivity index (χ0) is 11.4. The summed E-state index contributed by atoms with van der Waals surface area (Å²) < 4.78 is 0. The molecule has 6 nitrogen and oxygen atoms in total. The fraction of sp³-hybridized carbons (Fsp3) is 0.111. The van der Waals surface area contributed by atoms with E-state index >= 15 is 0 Å². The van der Waals surface area contributed by atoms with Crippen molar-refractivity contribution in [1.29, 1.82) is 0 Å². The number of aliphatic hydroxyl groups excluding tert-OH is 1. The van der Waals surface area contributed by atoms with Crippen molar-refractivity contribution in [2.45, 2.75) is 6.10 Å². The van der Waals surface area contributed by atoms with Gasteiger partial charge in [0, 0.05) is 11.3 Å². The van der Waals surface area contributed by atoms with Crippen LogP contribution >= 0.6 is 0 Å². The van der Waals surface area contributed by atoms with Gasteiger partial charge in [0.25, 0.3) is 0 Å². The quantitative estimate of drug-likeness (QED) is 0.313. The van der Waals surface area contributed by atoms with E-state index < -0.39 is 12.1 Å². The van der Waals surface area contributed by atoms with Crippen molar-refractivity contribution in [3.63, 3.8) is 0 Å². The molecule has 0 radical (unpaired) electrons. The molecule has 0 aliphatic carbocycles. The smallest absolute Gasteiger partial charge is 0.337 e. The van der Waals surface area contributed by atoms with Crippen molar-refractivity contribution in [1.82, 2.24) is 0 Å². The molecule has 0 spiro atoms. The molecule has 0 saturated heterocycles. The van der Waals surface area contributed by atoms with Crippen molar-refractivity contribution < 1.29 is 19.8 Å². The van der Waals surface area contributed by atoms with E-state index in [4.69, 9.17) is 10.9 Å². The van der Waals surface area contributed by atoms with E-state index in [2.05, 4.69) is 5.43 Å². The lowest BCUT2D eigenvalue weighted by Gasteiger charge is -2.09. The number of carbonyl (C=O) groups excluding carboxylic acids is 1. The summed E-state index contributed by atoms with van der Waals surface area (Å²) in [4.78, 5) is 21.0. The van der Waals surface area contributed by atoms with E-state index in [0.717, 1.165) is 0 Å². The monoisotopic (exact) mass is 210 g/mol. The van der Waals surface area contributed by atoms with Crippen molar-refractivity contribution in [3.8, 4) is 0 Å². The van der Waals surface area contributed by atoms with Crippen molar-refractivity contribution in [2.75, 3.05) is 5.43 Å². The summed E-state index contributed by atoms with van der Waals surface area (Å²) in [6, 6.07) is 4.07. The largest absolute Gasteiger partial charge is 0.479 e. The second kappa shape index (κ2) is 4.54. The molecule has 0 fully saturated rings. The maximum Gasteiger partial charge on any atom is 0.337 e. The summed E-state index contributed by atoms with van der Waals surface area (Å²) in [7, 11) is 0. The molecule has 6 heteroatoms. The Morgan fingerprint density at radius 2 is 2.13 bits per heavy atom. The van der Waals surface area contributed by atoms with Gasteiger partial charge < -0.3 is 15.6 Å². The number of nitrogens with one attached hydrogen (secondary N) is 1. The first-order valence-electron chi connectivity index (χ1n) is 4.06. The van der Waals surface area contributed by atoms with E-state index in [1.165, 1.54) is 18.2 Å². The minimum Gasteiger partial charge on any atom is -0.479 e. The topological polar surface area (TPSA) is 113 Å². The molecule has 0 heterocycles. The van der Waals surface area contributed by atoms with E-state index in [1.54, 1.807) is 0 Å². The third-order valence-corrected chi connectivity index (χ3v) is 1.83. The minimum atomic E-state index is -1.67. The van der Waals surface area contributed by atoms with Gasteiger partial charge in [-0.3, -0.25) is 10.6 Å². The Morgan fingerprint density at radius 1 is 1.47 bits per heavy atom. The summed E-state index contributed by atoms with van der Waals surface area (Å²) in [5.74, 6) is 3.74. The molecule has 0 aliphatic heterocycles. The maximum absolute atomic E-state index is 10.5. The number of hydrazine groups is 1. The van der Waals surface area contributed by atoms with Crippen LogP contribution in [0.5, 0.6) is 0 Å². The molecule has 1 aromatic rings. The average Bonchev–Trinajstić information content (AvgIpc) is 2.27. The molecule has 15 heavy (non-hydrogen) atoms. The van der Waals surface area contributed by atoms with Gasteiger partial charge >= 0.3 is 5.97 Å². The zero-order valence-electron chi connectivity index (χ0n) is 7.68. The highest BCUT2D eigenvalue weighted by Crippen LogP contribution is 2.19. The number of nitrogens with two attached hydrogens (primary N) is 1. The van der Waals surface area contributed by atoms with E-state index in [-0.39, 0.29) is 11.1 Å². The number of aldehydes is 1. The van der Waals surface area contributed by atoms with Crippen LogP contribution in [0.15, 0.2) is 18.2 Å². The number of hydrogen-bond acceptors (Lipinski definition) is 5. The number of anilines is 1. The lowest BCUT2D eigenvalue weighted by molar-refractivity contribution is -0.146. The third kappa shape index (κ3) is 2.52. The molecular weight excluding hydrogens is 200 g/mol. The van der Waals surface area contributed by atoms with Gasteiger partial charge in [-0.25, -0.2) is 4.79 Å². The summed E-state index contributed by atoms with van der Waals surface area (Å²) in [6.45, 7) is 0. The predicted molar refractivity (Wildman–Crippen MR) is 52.2 cm³/mol. The van der Waals surface area contributed by atoms with Gasteiger partial charge in [-0.05, 0) is 23.8 Å². The van der Waals surface area contributed by atoms with Crippen LogP contribution < -0.4 is 11.3 Å². The predicted octanol–water partition coefficient (Wildman–Crippen LogP) is -0.0973. The molecular formula is C9H10N2O4. The van der Waals surface area contributed by atoms with Crippen LogP contribution in [0.25, 0.3) is 0 Å². The fourth-order valence-electron chi connectivity index (χ4n) is 1.13. The van der Waals surface area contributed by atoms with Gasteiger partial charge in [0.05, 0.1) is 0 Å². The number of nitrogen functional groups attached to an aromatic ring is 1. The SMILES string of the molecule is NNc1cc(C=O)cc(C(O)C(=O)O)c1. The molecule has 1 atom stereocenters. The number of rotatable bonds is 4. The summed E-state index contributed by atoms with van der Waals surface area (Å²) in [6.07, 6.45) is -1.13. The van der Waals surface area contributed by atoms with Gasteiger partial charge in [0.2, 0.25) is 0 Å². The van der Waals surface area contributed by atoms with Crippen LogP contribution in [0.2, 0.25) is 0 Å².